The third-order valence-electron chi connectivity index (χ3n) is 2.27. The molecule has 0 saturated heterocycles. The first-order chi connectivity index (χ1) is 8.20. The smallest absolute Gasteiger partial charge is 0.107 e. The van der Waals surface area contributed by atoms with E-state index >= 15 is 0 Å². The molecule has 0 bridgehead atoms. The van der Waals surface area contributed by atoms with Crippen LogP contribution in [0.15, 0.2) is 24.4 Å². The van der Waals surface area contributed by atoms with Gasteiger partial charge < -0.3 is 5.32 Å². The lowest BCUT2D eigenvalue weighted by Gasteiger charge is -2.01. The van der Waals surface area contributed by atoms with Crippen LogP contribution in [0.3, 0.4) is 0 Å². The predicted octanol–water partition coefficient (Wildman–Crippen LogP) is 4.23. The molecule has 0 fully saturated rings. The molecule has 0 spiro atoms. The lowest BCUT2D eigenvalue weighted by molar-refractivity contribution is 0.722. The minimum atomic E-state index is 0.686. The number of aromatic nitrogens is 1. The number of thiazole rings is 1. The molecule has 0 saturated carbocycles. The van der Waals surface area contributed by atoms with E-state index in [1.54, 1.807) is 17.4 Å². The number of nitrogens with zero attached hydrogens (tertiary/aromatic N) is 1. The van der Waals surface area contributed by atoms with E-state index in [1.165, 1.54) is 0 Å². The van der Waals surface area contributed by atoms with Crippen molar-refractivity contribution in [3.05, 3.63) is 39.4 Å². The van der Waals surface area contributed by atoms with Gasteiger partial charge in [0.05, 0.1) is 4.88 Å². The van der Waals surface area contributed by atoms with Crippen LogP contribution < -0.4 is 5.32 Å². The molecule has 0 amide bonds. The number of hydrogen-bond acceptors (Lipinski definition) is 3. The third kappa shape index (κ3) is 3.19. The van der Waals surface area contributed by atoms with Gasteiger partial charge in [0, 0.05) is 28.4 Å². The Balaban J connectivity index is 2.27. The second-order valence-electron chi connectivity index (χ2n) is 3.52. The largest absolute Gasteiger partial charge is 0.311 e. The van der Waals surface area contributed by atoms with Crippen molar-refractivity contribution >= 4 is 34.5 Å². The van der Waals surface area contributed by atoms with Crippen LogP contribution >= 0.6 is 34.5 Å². The lowest BCUT2D eigenvalue weighted by Crippen LogP contribution is -2.11. The fourth-order valence-electron chi connectivity index (χ4n) is 1.43. The number of rotatable bonds is 4. The molecule has 0 atom stereocenters. The molecule has 1 heterocycles. The van der Waals surface area contributed by atoms with Crippen molar-refractivity contribution in [2.24, 2.45) is 0 Å². The van der Waals surface area contributed by atoms with E-state index in [1.807, 2.05) is 18.3 Å². The monoisotopic (exact) mass is 286 g/mol. The summed E-state index contributed by atoms with van der Waals surface area (Å²) >= 11 is 13.8. The van der Waals surface area contributed by atoms with Gasteiger partial charge in [-0.15, -0.1) is 11.3 Å². The maximum atomic E-state index is 6.15. The summed E-state index contributed by atoms with van der Waals surface area (Å²) in [6, 6.07) is 5.46. The van der Waals surface area contributed by atoms with E-state index < -0.39 is 0 Å². The molecule has 1 aromatic carbocycles. The Labute approximate surface area is 115 Å². The lowest BCUT2D eigenvalue weighted by atomic mass is 10.2. The Morgan fingerprint density at radius 2 is 2.18 bits per heavy atom. The average molecular weight is 287 g/mol. The highest BCUT2D eigenvalue weighted by Gasteiger charge is 2.08. The molecule has 1 aromatic heterocycles. The van der Waals surface area contributed by atoms with Crippen molar-refractivity contribution < 1.29 is 0 Å². The van der Waals surface area contributed by atoms with E-state index in [-0.39, 0.29) is 0 Å². The van der Waals surface area contributed by atoms with Crippen molar-refractivity contribution in [3.63, 3.8) is 0 Å². The van der Waals surface area contributed by atoms with Gasteiger partial charge in [-0.25, -0.2) is 4.98 Å². The summed E-state index contributed by atoms with van der Waals surface area (Å²) < 4.78 is 0. The molecular weight excluding hydrogens is 275 g/mol. The van der Waals surface area contributed by atoms with Gasteiger partial charge in [-0.1, -0.05) is 30.1 Å². The highest BCUT2D eigenvalue weighted by molar-refractivity contribution is 7.15. The highest BCUT2D eigenvalue weighted by atomic mass is 35.5. The van der Waals surface area contributed by atoms with Gasteiger partial charge in [0.15, 0.2) is 0 Å². The van der Waals surface area contributed by atoms with Crippen LogP contribution in [0.2, 0.25) is 10.0 Å². The van der Waals surface area contributed by atoms with Crippen molar-refractivity contribution in [1.82, 2.24) is 10.3 Å². The maximum absolute atomic E-state index is 6.15. The SMILES string of the molecule is CCNCc1ncc(-c2cc(Cl)ccc2Cl)s1. The van der Waals surface area contributed by atoms with Gasteiger partial charge in [0.25, 0.3) is 0 Å². The van der Waals surface area contributed by atoms with Gasteiger partial charge in [-0.05, 0) is 24.7 Å². The van der Waals surface area contributed by atoms with Crippen LogP contribution in [0.1, 0.15) is 11.9 Å². The second kappa shape index (κ2) is 5.83. The third-order valence-corrected chi connectivity index (χ3v) is 3.87. The molecule has 0 aliphatic carbocycles. The fraction of sp³-hybridized carbons (Fsp3) is 0.250. The first-order valence-electron chi connectivity index (χ1n) is 5.31. The van der Waals surface area contributed by atoms with Crippen LogP contribution in [0.25, 0.3) is 10.4 Å². The molecule has 2 aromatic rings. The summed E-state index contributed by atoms with van der Waals surface area (Å²) in [6.45, 7) is 3.80. The molecule has 0 aliphatic rings. The van der Waals surface area contributed by atoms with Gasteiger partial charge >= 0.3 is 0 Å². The van der Waals surface area contributed by atoms with Crippen LogP contribution in [0.5, 0.6) is 0 Å². The first kappa shape index (κ1) is 12.8. The summed E-state index contributed by atoms with van der Waals surface area (Å²) in [6.07, 6.45) is 1.84. The Morgan fingerprint density at radius 3 is 2.94 bits per heavy atom. The summed E-state index contributed by atoms with van der Waals surface area (Å²) in [7, 11) is 0. The Morgan fingerprint density at radius 1 is 1.35 bits per heavy atom. The molecule has 0 radical (unpaired) electrons. The Hall–Kier alpha value is -0.610. The molecule has 90 valence electrons. The molecular formula is C12H12Cl2N2S. The van der Waals surface area contributed by atoms with Crippen LogP contribution in [0, 0.1) is 0 Å². The number of nitrogens with one attached hydrogen (secondary N) is 1. The standard InChI is InChI=1S/C12H12Cl2N2S/c1-2-15-7-12-16-6-11(17-12)9-5-8(13)3-4-10(9)14/h3-6,15H,2,7H2,1H3. The Kier molecular flexibility index (Phi) is 4.40. The first-order valence-corrected chi connectivity index (χ1v) is 6.88. The maximum Gasteiger partial charge on any atom is 0.107 e. The van der Waals surface area contributed by atoms with Crippen molar-refractivity contribution in [3.8, 4) is 10.4 Å². The highest BCUT2D eigenvalue weighted by Crippen LogP contribution is 2.33. The van der Waals surface area contributed by atoms with E-state index in [0.29, 0.717) is 10.0 Å². The summed E-state index contributed by atoms with van der Waals surface area (Å²) in [5.41, 5.74) is 0.944. The van der Waals surface area contributed by atoms with Gasteiger partial charge in [-0.3, -0.25) is 0 Å². The van der Waals surface area contributed by atoms with Crippen molar-refractivity contribution in [2.45, 2.75) is 13.5 Å². The zero-order valence-electron chi connectivity index (χ0n) is 9.34. The second-order valence-corrected chi connectivity index (χ2v) is 5.48. The number of halogens is 2. The van der Waals surface area contributed by atoms with E-state index in [9.17, 15) is 0 Å². The van der Waals surface area contributed by atoms with Gasteiger partial charge in [0.1, 0.15) is 5.01 Å². The number of hydrogen-bond donors (Lipinski definition) is 1. The fourth-order valence-corrected chi connectivity index (χ4v) is 2.80. The van der Waals surface area contributed by atoms with E-state index in [0.717, 1.165) is 28.5 Å². The molecule has 1 N–H and O–H groups in total. The molecule has 2 rings (SSSR count). The Bertz CT molecular complexity index is 511. The average Bonchev–Trinajstić information content (AvgIpc) is 2.78. The van der Waals surface area contributed by atoms with E-state index in [2.05, 4.69) is 17.2 Å². The van der Waals surface area contributed by atoms with Crippen LogP contribution in [-0.4, -0.2) is 11.5 Å². The minimum absolute atomic E-state index is 0.686. The van der Waals surface area contributed by atoms with E-state index in [4.69, 9.17) is 23.2 Å². The quantitative estimate of drug-likeness (QED) is 0.910. The van der Waals surface area contributed by atoms with Crippen molar-refractivity contribution in [2.75, 3.05) is 6.54 Å². The topological polar surface area (TPSA) is 24.9 Å². The zero-order chi connectivity index (χ0) is 12.3. The summed E-state index contributed by atoms with van der Waals surface area (Å²) in [5, 5.41) is 5.69. The van der Waals surface area contributed by atoms with Crippen LogP contribution in [0.4, 0.5) is 0 Å². The summed E-state index contributed by atoms with van der Waals surface area (Å²) in [5.74, 6) is 0. The summed E-state index contributed by atoms with van der Waals surface area (Å²) in [4.78, 5) is 5.40. The number of benzene rings is 1. The molecule has 5 heteroatoms. The van der Waals surface area contributed by atoms with Crippen LogP contribution in [-0.2, 0) is 6.54 Å². The normalized spacial score (nSPS) is 10.8. The molecule has 2 nitrogen and oxygen atoms in total. The van der Waals surface area contributed by atoms with Gasteiger partial charge in [-0.2, -0.15) is 0 Å². The zero-order valence-corrected chi connectivity index (χ0v) is 11.7. The molecule has 17 heavy (non-hydrogen) atoms. The molecule has 0 unspecified atom stereocenters. The predicted molar refractivity (Wildman–Crippen MR) is 75.0 cm³/mol. The minimum Gasteiger partial charge on any atom is -0.311 e. The molecule has 0 aliphatic heterocycles. The van der Waals surface area contributed by atoms with Gasteiger partial charge in [0.2, 0.25) is 0 Å². The van der Waals surface area contributed by atoms with Crippen molar-refractivity contribution in [1.29, 1.82) is 0 Å².